The van der Waals surface area contributed by atoms with Crippen LogP contribution in [0.1, 0.15) is 61.3 Å². The Labute approximate surface area is 301 Å². The van der Waals surface area contributed by atoms with Crippen LogP contribution < -0.4 is 0 Å². The van der Waals surface area contributed by atoms with E-state index in [1.165, 1.54) is 38.8 Å². The van der Waals surface area contributed by atoms with Crippen LogP contribution in [0.25, 0.3) is 6.08 Å². The van der Waals surface area contributed by atoms with E-state index in [9.17, 15) is 14.4 Å². The minimum absolute atomic E-state index is 0.0588. The van der Waals surface area contributed by atoms with Crippen LogP contribution in [-0.4, -0.2) is 102 Å². The first-order chi connectivity index (χ1) is 25.1. The van der Waals surface area contributed by atoms with Crippen molar-refractivity contribution in [3.8, 4) is 0 Å². The number of hydrogen-bond acceptors (Lipinski definition) is 6. The van der Waals surface area contributed by atoms with Crippen molar-refractivity contribution in [1.29, 1.82) is 0 Å². The molecule has 0 N–H and O–H groups in total. The average molecular weight is 691 g/mol. The molecule has 51 heavy (non-hydrogen) atoms. The van der Waals surface area contributed by atoms with Gasteiger partial charge in [-0.25, -0.2) is 4.79 Å². The van der Waals surface area contributed by atoms with Crippen LogP contribution in [-0.2, 0) is 25.7 Å². The third-order valence-corrected chi connectivity index (χ3v) is 11.1. The number of likely N-dealkylation sites (tertiary alicyclic amines) is 3. The summed E-state index contributed by atoms with van der Waals surface area (Å²) in [5, 5.41) is 0. The Bertz CT molecular complexity index is 1620. The first-order valence-corrected chi connectivity index (χ1v) is 18.7. The van der Waals surface area contributed by atoms with E-state index in [4.69, 9.17) is 9.47 Å². The molecule has 3 aromatic carbocycles. The molecule has 3 aromatic rings. The van der Waals surface area contributed by atoms with E-state index >= 15 is 0 Å². The Morgan fingerprint density at radius 2 is 1.51 bits per heavy atom. The number of piperidine rings is 2. The lowest BCUT2D eigenvalue weighted by Crippen LogP contribution is -2.75. The van der Waals surface area contributed by atoms with Crippen molar-refractivity contribution in [1.82, 2.24) is 19.6 Å². The Morgan fingerprint density at radius 3 is 2.22 bits per heavy atom. The van der Waals surface area contributed by atoms with Crippen LogP contribution in [0.15, 0.2) is 97.1 Å². The summed E-state index contributed by atoms with van der Waals surface area (Å²) in [5.41, 5.74) is 2.87. The topological polar surface area (TPSA) is 82.6 Å². The Kier molecular flexibility index (Phi) is 11.4. The van der Waals surface area contributed by atoms with Crippen LogP contribution in [0.5, 0.6) is 0 Å². The van der Waals surface area contributed by atoms with Crippen molar-refractivity contribution in [2.24, 2.45) is 5.92 Å². The lowest BCUT2D eigenvalue weighted by molar-refractivity contribution is -0.169. The molecule has 0 spiro atoms. The van der Waals surface area contributed by atoms with E-state index in [1.54, 1.807) is 9.80 Å². The third kappa shape index (κ3) is 8.21. The number of nitrogens with zero attached hydrogens (tertiary/aromatic N) is 4. The minimum atomic E-state index is -0.832. The molecule has 9 nitrogen and oxygen atoms in total. The van der Waals surface area contributed by atoms with Crippen LogP contribution in [0.3, 0.4) is 0 Å². The quantitative estimate of drug-likeness (QED) is 0.200. The van der Waals surface area contributed by atoms with Gasteiger partial charge in [0.25, 0.3) is 0 Å². The standard InChI is InChI=1S/C42H50N4O5/c47-40(44-27-22-33(23-28-44)21-26-43-24-11-4-12-25-43)38(30-50-29-34-15-7-2-8-16-34)45-36(20-19-32-13-5-1-6-14-32)39(41(45)48)46-37(31-51-42(46)49)35-17-9-3-10-18-35/h1-3,5-10,13-20,33,36-39H,4,11-12,21-31H2/b20-19+/t36-,37-,38-,39+/m1/s1. The maximum atomic E-state index is 14.5. The summed E-state index contributed by atoms with van der Waals surface area (Å²) in [6.45, 7) is 5.43. The van der Waals surface area contributed by atoms with E-state index in [1.807, 2.05) is 108 Å². The van der Waals surface area contributed by atoms with Crippen LogP contribution in [0, 0.1) is 5.92 Å². The summed E-state index contributed by atoms with van der Waals surface area (Å²) in [4.78, 5) is 50.1. The molecule has 4 saturated heterocycles. The van der Waals surface area contributed by atoms with E-state index in [2.05, 4.69) is 4.90 Å². The fourth-order valence-corrected chi connectivity index (χ4v) is 8.14. The maximum Gasteiger partial charge on any atom is 0.411 e. The fourth-order valence-electron chi connectivity index (χ4n) is 8.14. The fraction of sp³-hybridized carbons (Fsp3) is 0.452. The van der Waals surface area contributed by atoms with Crippen molar-refractivity contribution in [3.05, 3.63) is 114 Å². The molecule has 0 bridgehead atoms. The molecule has 0 aliphatic carbocycles. The second-order valence-corrected chi connectivity index (χ2v) is 14.3. The molecule has 4 fully saturated rings. The Balaban J connectivity index is 1.12. The van der Waals surface area contributed by atoms with E-state index in [0.29, 0.717) is 25.6 Å². The molecule has 0 unspecified atom stereocenters. The van der Waals surface area contributed by atoms with Gasteiger partial charge < -0.3 is 24.2 Å². The zero-order valence-electron chi connectivity index (χ0n) is 29.4. The highest BCUT2D eigenvalue weighted by Gasteiger charge is 2.58. The molecule has 7 rings (SSSR count). The second kappa shape index (κ2) is 16.7. The summed E-state index contributed by atoms with van der Waals surface area (Å²) < 4.78 is 11.8. The van der Waals surface area contributed by atoms with Gasteiger partial charge in [0.05, 0.1) is 25.3 Å². The first-order valence-electron chi connectivity index (χ1n) is 18.7. The number of rotatable bonds is 13. The molecule has 9 heteroatoms. The lowest BCUT2D eigenvalue weighted by Gasteiger charge is -2.53. The van der Waals surface area contributed by atoms with Gasteiger partial charge >= 0.3 is 6.09 Å². The molecule has 4 aliphatic heterocycles. The molecule has 4 heterocycles. The molecular formula is C42H50N4O5. The van der Waals surface area contributed by atoms with Gasteiger partial charge in [-0.15, -0.1) is 0 Å². The monoisotopic (exact) mass is 690 g/mol. The van der Waals surface area contributed by atoms with E-state index in [-0.39, 0.29) is 25.0 Å². The zero-order valence-corrected chi connectivity index (χ0v) is 29.4. The Hall–Kier alpha value is -4.47. The van der Waals surface area contributed by atoms with Crippen molar-refractivity contribution < 1.29 is 23.9 Å². The number of benzene rings is 3. The highest BCUT2D eigenvalue weighted by molar-refractivity contribution is 5.98. The van der Waals surface area contributed by atoms with E-state index in [0.717, 1.165) is 36.1 Å². The summed E-state index contributed by atoms with van der Waals surface area (Å²) in [5.74, 6) is 0.234. The van der Waals surface area contributed by atoms with Crippen LogP contribution in [0.2, 0.25) is 0 Å². The van der Waals surface area contributed by atoms with Crippen LogP contribution >= 0.6 is 0 Å². The molecular weight excluding hydrogens is 640 g/mol. The molecule has 0 aromatic heterocycles. The predicted molar refractivity (Wildman–Crippen MR) is 196 cm³/mol. The van der Waals surface area contributed by atoms with Crippen molar-refractivity contribution in [3.63, 3.8) is 0 Å². The van der Waals surface area contributed by atoms with Gasteiger partial charge in [-0.05, 0) is 74.3 Å². The second-order valence-electron chi connectivity index (χ2n) is 14.3. The van der Waals surface area contributed by atoms with Gasteiger partial charge in [0, 0.05) is 13.1 Å². The number of ether oxygens (including phenoxy) is 2. The number of carbonyl (C=O) groups is 3. The summed E-state index contributed by atoms with van der Waals surface area (Å²) >= 11 is 0. The average Bonchev–Trinajstić information content (AvgIpc) is 3.56. The van der Waals surface area contributed by atoms with Gasteiger partial charge in [0.15, 0.2) is 0 Å². The molecule has 0 radical (unpaired) electrons. The first kappa shape index (κ1) is 35.0. The van der Waals surface area contributed by atoms with Crippen molar-refractivity contribution in [2.45, 2.75) is 69.3 Å². The Morgan fingerprint density at radius 1 is 0.843 bits per heavy atom. The molecule has 0 saturated carbocycles. The summed E-state index contributed by atoms with van der Waals surface area (Å²) in [6, 6.07) is 26.8. The number of hydrogen-bond donors (Lipinski definition) is 0. The third-order valence-electron chi connectivity index (χ3n) is 11.1. The predicted octanol–water partition coefficient (Wildman–Crippen LogP) is 6.17. The molecule has 4 aliphatic rings. The maximum absolute atomic E-state index is 14.5. The smallest absolute Gasteiger partial charge is 0.411 e. The lowest BCUT2D eigenvalue weighted by atomic mass is 9.87. The molecule has 4 atom stereocenters. The number of β-lactam (4-membered cyclic amide) rings is 1. The number of amides is 3. The van der Waals surface area contributed by atoms with Gasteiger partial charge in [-0.2, -0.15) is 0 Å². The molecule has 268 valence electrons. The zero-order chi connectivity index (χ0) is 35.0. The van der Waals surface area contributed by atoms with Gasteiger partial charge in [0.1, 0.15) is 18.7 Å². The summed E-state index contributed by atoms with van der Waals surface area (Å²) in [7, 11) is 0. The minimum Gasteiger partial charge on any atom is -0.447 e. The van der Waals surface area contributed by atoms with Crippen LogP contribution in [0.4, 0.5) is 4.79 Å². The van der Waals surface area contributed by atoms with Crippen molar-refractivity contribution in [2.75, 3.05) is 45.9 Å². The van der Waals surface area contributed by atoms with Gasteiger partial charge in [-0.3, -0.25) is 14.5 Å². The molecule has 3 amide bonds. The highest BCUT2D eigenvalue weighted by Crippen LogP contribution is 2.39. The SMILES string of the molecule is O=C([C@@H](COCc1ccccc1)N1C(=O)[C@@H](N2C(=O)OC[C@@H]2c2ccccc2)[C@H]1/C=C/c1ccccc1)N1CCC(CCN2CCCCC2)CC1. The highest BCUT2D eigenvalue weighted by atomic mass is 16.6. The van der Waals surface area contributed by atoms with E-state index < -0.39 is 30.3 Å². The van der Waals surface area contributed by atoms with Gasteiger partial charge in [-0.1, -0.05) is 110 Å². The number of cyclic esters (lactones) is 1. The van der Waals surface area contributed by atoms with Crippen molar-refractivity contribution >= 4 is 24.0 Å². The largest absolute Gasteiger partial charge is 0.447 e. The summed E-state index contributed by atoms with van der Waals surface area (Å²) in [6.07, 6.45) is 10.4. The number of carbonyl (C=O) groups excluding carboxylic acids is 3. The normalized spacial score (nSPS) is 23.8. The van der Waals surface area contributed by atoms with Gasteiger partial charge in [0.2, 0.25) is 11.8 Å².